The molecule has 0 aliphatic carbocycles. The Kier molecular flexibility index (Phi) is 7.23. The number of carboxylic acids is 1. The normalized spacial score (nSPS) is 19.2. The van der Waals surface area contributed by atoms with Gasteiger partial charge < -0.3 is 9.84 Å². The molecule has 1 aromatic carbocycles. The van der Waals surface area contributed by atoms with Gasteiger partial charge in [-0.3, -0.25) is 14.9 Å². The lowest BCUT2D eigenvalue weighted by Gasteiger charge is -2.28. The van der Waals surface area contributed by atoms with Crippen molar-refractivity contribution in [3.63, 3.8) is 0 Å². The molecule has 1 aliphatic rings. The molecule has 0 radical (unpaired) electrons. The summed E-state index contributed by atoms with van der Waals surface area (Å²) in [5.41, 5.74) is 0.796. The second kappa shape index (κ2) is 9.25. The van der Waals surface area contributed by atoms with E-state index in [1.54, 1.807) is 30.3 Å². The van der Waals surface area contributed by atoms with Crippen molar-refractivity contribution in [1.29, 1.82) is 0 Å². The first-order chi connectivity index (χ1) is 13.5. The first-order valence-electron chi connectivity index (χ1n) is 9.09. The molecule has 29 heavy (non-hydrogen) atoms. The molecule has 1 saturated heterocycles. The van der Waals surface area contributed by atoms with Gasteiger partial charge in [-0.25, -0.2) is 9.69 Å². The lowest BCUT2D eigenvalue weighted by atomic mass is 10.0. The molecule has 0 aromatic heterocycles. The fourth-order valence-corrected chi connectivity index (χ4v) is 3.11. The molecule has 2 amide bonds. The quantitative estimate of drug-likeness (QED) is 0.676. The van der Waals surface area contributed by atoms with E-state index in [1.807, 2.05) is 5.32 Å². The zero-order valence-corrected chi connectivity index (χ0v) is 16.0. The summed E-state index contributed by atoms with van der Waals surface area (Å²) in [4.78, 5) is 36.5. The van der Waals surface area contributed by atoms with Crippen molar-refractivity contribution < 1.29 is 37.4 Å². The fraction of sp³-hybridized carbons (Fsp3) is 0.526. The van der Waals surface area contributed by atoms with Gasteiger partial charge in [0.15, 0.2) is 0 Å². The monoisotopic (exact) mass is 416 g/mol. The van der Waals surface area contributed by atoms with E-state index in [9.17, 15) is 27.6 Å². The molecule has 1 unspecified atom stereocenters. The van der Waals surface area contributed by atoms with Gasteiger partial charge in [0.25, 0.3) is 0 Å². The topological polar surface area (TPSA) is 95.9 Å². The van der Waals surface area contributed by atoms with Crippen LogP contribution in [-0.4, -0.2) is 58.9 Å². The summed E-state index contributed by atoms with van der Waals surface area (Å²) >= 11 is 0. The van der Waals surface area contributed by atoms with E-state index in [1.165, 1.54) is 13.8 Å². The van der Waals surface area contributed by atoms with E-state index in [0.29, 0.717) is 4.90 Å². The van der Waals surface area contributed by atoms with Crippen LogP contribution in [0.2, 0.25) is 0 Å². The molecule has 0 saturated carbocycles. The van der Waals surface area contributed by atoms with Gasteiger partial charge in [-0.05, 0) is 17.9 Å². The van der Waals surface area contributed by atoms with E-state index in [2.05, 4.69) is 0 Å². The van der Waals surface area contributed by atoms with Crippen molar-refractivity contribution in [3.8, 4) is 0 Å². The number of cyclic esters (lactones) is 1. The van der Waals surface area contributed by atoms with Gasteiger partial charge in [0.2, 0.25) is 5.91 Å². The second-order valence-electron chi connectivity index (χ2n) is 7.21. The number of nitrogens with one attached hydrogen (secondary N) is 1. The van der Waals surface area contributed by atoms with Crippen molar-refractivity contribution in [2.45, 2.75) is 51.0 Å². The average Bonchev–Trinajstić information content (AvgIpc) is 2.97. The number of imide groups is 1. The Morgan fingerprint density at radius 1 is 1.28 bits per heavy atom. The summed E-state index contributed by atoms with van der Waals surface area (Å²) in [5, 5.41) is 11.2. The summed E-state index contributed by atoms with van der Waals surface area (Å²) in [6.07, 6.45) is -6.75. The van der Waals surface area contributed by atoms with E-state index < -0.39 is 54.6 Å². The summed E-state index contributed by atoms with van der Waals surface area (Å²) < 4.78 is 45.2. The minimum atomic E-state index is -4.88. The predicted molar refractivity (Wildman–Crippen MR) is 96.0 cm³/mol. The van der Waals surface area contributed by atoms with Crippen LogP contribution in [0.4, 0.5) is 18.0 Å². The van der Waals surface area contributed by atoms with Gasteiger partial charge in [-0.15, -0.1) is 0 Å². The third-order valence-electron chi connectivity index (χ3n) is 4.63. The lowest BCUT2D eigenvalue weighted by molar-refractivity contribution is -0.169. The summed E-state index contributed by atoms with van der Waals surface area (Å²) in [7, 11) is 0. The van der Waals surface area contributed by atoms with Crippen LogP contribution >= 0.6 is 0 Å². The minimum absolute atomic E-state index is 0.118. The molecule has 0 bridgehead atoms. The Labute approximate surface area is 165 Å². The highest BCUT2D eigenvalue weighted by Gasteiger charge is 2.46. The van der Waals surface area contributed by atoms with Gasteiger partial charge in [0.1, 0.15) is 18.7 Å². The predicted octanol–water partition coefficient (Wildman–Crippen LogP) is 2.60. The van der Waals surface area contributed by atoms with Crippen molar-refractivity contribution >= 4 is 18.0 Å². The van der Waals surface area contributed by atoms with Crippen molar-refractivity contribution in [3.05, 3.63) is 35.9 Å². The molecular weight excluding hydrogens is 393 g/mol. The third kappa shape index (κ3) is 5.93. The largest absolute Gasteiger partial charge is 0.480 e. The number of alkyl halides is 3. The van der Waals surface area contributed by atoms with Crippen LogP contribution in [0.3, 0.4) is 0 Å². The van der Waals surface area contributed by atoms with Crippen LogP contribution in [0.25, 0.3) is 0 Å². The number of carboxylic acid groups (broad SMARTS) is 1. The van der Waals surface area contributed by atoms with Crippen LogP contribution < -0.4 is 5.32 Å². The Balaban J connectivity index is 2.16. The zero-order valence-electron chi connectivity index (χ0n) is 16.0. The Morgan fingerprint density at radius 3 is 2.41 bits per heavy atom. The maximum Gasteiger partial charge on any atom is 0.416 e. The Morgan fingerprint density at radius 2 is 1.90 bits per heavy atom. The van der Waals surface area contributed by atoms with Gasteiger partial charge in [-0.2, -0.15) is 13.2 Å². The molecule has 1 aliphatic heterocycles. The van der Waals surface area contributed by atoms with Crippen molar-refractivity contribution in [2.75, 3.05) is 6.61 Å². The van der Waals surface area contributed by atoms with E-state index >= 15 is 0 Å². The smallest absolute Gasteiger partial charge is 0.416 e. The zero-order chi connectivity index (χ0) is 21.8. The summed E-state index contributed by atoms with van der Waals surface area (Å²) in [6.45, 7) is 2.79. The molecule has 2 N–H and O–H groups in total. The summed E-state index contributed by atoms with van der Waals surface area (Å²) in [5.74, 6) is -3.17. The van der Waals surface area contributed by atoms with E-state index in [0.717, 1.165) is 5.56 Å². The van der Waals surface area contributed by atoms with Crippen LogP contribution in [0, 0.1) is 5.92 Å². The highest BCUT2D eigenvalue weighted by molar-refractivity contribution is 5.94. The SMILES string of the molecule is CC(C)[C@H](NC(CC(=O)N1C(=O)OC[C@@H]1Cc1ccccc1)C(F)(F)F)C(=O)O. The van der Waals surface area contributed by atoms with Gasteiger partial charge in [0, 0.05) is 0 Å². The molecule has 1 fully saturated rings. The molecule has 7 nitrogen and oxygen atoms in total. The number of benzene rings is 1. The molecule has 1 aromatic rings. The number of hydrogen-bond donors (Lipinski definition) is 2. The number of hydrogen-bond acceptors (Lipinski definition) is 5. The highest BCUT2D eigenvalue weighted by Crippen LogP contribution is 2.26. The molecule has 2 rings (SSSR count). The number of amides is 2. The molecule has 160 valence electrons. The van der Waals surface area contributed by atoms with E-state index in [4.69, 9.17) is 9.84 Å². The van der Waals surface area contributed by atoms with Crippen LogP contribution in [0.5, 0.6) is 0 Å². The maximum absolute atomic E-state index is 13.5. The number of carbonyl (C=O) groups is 3. The number of ether oxygens (including phenoxy) is 1. The number of aliphatic carboxylic acids is 1. The number of carbonyl (C=O) groups excluding carboxylic acids is 2. The van der Waals surface area contributed by atoms with Gasteiger partial charge >= 0.3 is 18.2 Å². The first kappa shape index (κ1) is 22.7. The van der Waals surface area contributed by atoms with Crippen LogP contribution in [0.1, 0.15) is 25.8 Å². The lowest BCUT2D eigenvalue weighted by Crippen LogP contribution is -2.54. The average molecular weight is 416 g/mol. The molecule has 1 heterocycles. The minimum Gasteiger partial charge on any atom is -0.480 e. The number of rotatable bonds is 8. The molecule has 0 spiro atoms. The highest BCUT2D eigenvalue weighted by atomic mass is 19.4. The maximum atomic E-state index is 13.5. The number of nitrogens with zero attached hydrogens (tertiary/aromatic N) is 1. The molecule has 10 heteroatoms. The van der Waals surface area contributed by atoms with Crippen molar-refractivity contribution in [2.24, 2.45) is 5.92 Å². The second-order valence-corrected chi connectivity index (χ2v) is 7.21. The fourth-order valence-electron chi connectivity index (χ4n) is 3.11. The molecular formula is C19H23F3N2O5. The van der Waals surface area contributed by atoms with Gasteiger partial charge in [-0.1, -0.05) is 44.2 Å². The third-order valence-corrected chi connectivity index (χ3v) is 4.63. The Bertz CT molecular complexity index is 739. The van der Waals surface area contributed by atoms with E-state index in [-0.39, 0.29) is 13.0 Å². The standard InChI is InChI=1S/C19H23F3N2O5/c1-11(2)16(17(26)27)23-14(19(20,21)22)9-15(25)24-13(10-29-18(24)28)8-12-6-4-3-5-7-12/h3-7,11,13-14,16,23H,8-10H2,1-2H3,(H,26,27)/t13-,14?,16-/m0/s1. The molecule has 3 atom stereocenters. The summed E-state index contributed by atoms with van der Waals surface area (Å²) in [6, 6.07) is 4.21. The van der Waals surface area contributed by atoms with Crippen molar-refractivity contribution in [1.82, 2.24) is 10.2 Å². The Hall–Kier alpha value is -2.62. The van der Waals surface area contributed by atoms with Gasteiger partial charge in [0.05, 0.1) is 12.5 Å². The first-order valence-corrected chi connectivity index (χ1v) is 9.09. The van der Waals surface area contributed by atoms with Crippen LogP contribution in [0.15, 0.2) is 30.3 Å². The van der Waals surface area contributed by atoms with Crippen LogP contribution in [-0.2, 0) is 20.7 Å². The number of halogens is 3.